The van der Waals surface area contributed by atoms with Crippen molar-refractivity contribution in [1.29, 1.82) is 0 Å². The molecule has 5 rings (SSSR count). The Hall–Kier alpha value is -4.22. The van der Waals surface area contributed by atoms with E-state index in [1.807, 2.05) is 47.4 Å². The van der Waals surface area contributed by atoms with Crippen LogP contribution >= 0.6 is 11.8 Å². The lowest BCUT2D eigenvalue weighted by Crippen LogP contribution is -2.27. The number of amides is 2. The Morgan fingerprint density at radius 3 is 2.41 bits per heavy atom. The Bertz CT molecular complexity index is 1600. The summed E-state index contributed by atoms with van der Waals surface area (Å²) in [7, 11) is -3.89. The van der Waals surface area contributed by atoms with Crippen LogP contribution in [0.5, 0.6) is 0 Å². The fourth-order valence-electron chi connectivity index (χ4n) is 4.08. The first kappa shape index (κ1) is 26.4. The molecule has 198 valence electrons. The Labute approximate surface area is 230 Å². The minimum Gasteiger partial charge on any atom is -0.322 e. The molecule has 0 saturated carbocycles. The molecule has 2 amide bonds. The van der Waals surface area contributed by atoms with Gasteiger partial charge in [0.15, 0.2) is 0 Å². The minimum atomic E-state index is -3.89. The number of carbonyl (C=O) groups is 2. The summed E-state index contributed by atoms with van der Waals surface area (Å²) in [6, 6.07) is 24.5. The van der Waals surface area contributed by atoms with Gasteiger partial charge in [0.05, 0.1) is 10.6 Å². The lowest BCUT2D eigenvalue weighted by molar-refractivity contribution is -0.128. The molecule has 1 atom stereocenters. The van der Waals surface area contributed by atoms with Crippen molar-refractivity contribution < 1.29 is 18.0 Å². The number of sulfonamides is 1. The number of hydrogen-bond acceptors (Lipinski definition) is 7. The maximum Gasteiger partial charge on any atom is 0.264 e. The molecule has 2 N–H and O–H groups in total. The van der Waals surface area contributed by atoms with Gasteiger partial charge >= 0.3 is 0 Å². The van der Waals surface area contributed by atoms with Crippen molar-refractivity contribution in [3.63, 3.8) is 0 Å². The summed E-state index contributed by atoms with van der Waals surface area (Å²) in [4.78, 5) is 35.2. The van der Waals surface area contributed by atoms with Crippen LogP contribution in [0.1, 0.15) is 32.6 Å². The first-order valence-corrected chi connectivity index (χ1v) is 14.6. The van der Waals surface area contributed by atoms with Crippen molar-refractivity contribution >= 4 is 45.2 Å². The van der Waals surface area contributed by atoms with E-state index in [2.05, 4.69) is 20.0 Å². The van der Waals surface area contributed by atoms with E-state index in [0.717, 1.165) is 11.1 Å². The first-order chi connectivity index (χ1) is 18.8. The summed E-state index contributed by atoms with van der Waals surface area (Å²) in [6.45, 7) is 2.26. The number of hydrogen-bond donors (Lipinski definition) is 2. The SMILES string of the molecule is Cc1ccnc(NS(=O)(=O)c2ccc(NC(=O)c3ccc([C@@H]4SCC(=O)N4Cc4ccccc4)cc3)cc2)n1. The summed E-state index contributed by atoms with van der Waals surface area (Å²) in [6.07, 6.45) is 1.47. The smallest absolute Gasteiger partial charge is 0.264 e. The number of nitrogens with zero attached hydrogens (tertiary/aromatic N) is 3. The van der Waals surface area contributed by atoms with Crippen molar-refractivity contribution in [3.8, 4) is 0 Å². The summed E-state index contributed by atoms with van der Waals surface area (Å²) < 4.78 is 27.6. The average Bonchev–Trinajstić information content (AvgIpc) is 3.29. The Balaban J connectivity index is 1.23. The molecule has 1 saturated heterocycles. The van der Waals surface area contributed by atoms with Gasteiger partial charge in [-0.3, -0.25) is 9.59 Å². The standard InChI is InChI=1S/C28H25N5O4S2/c1-19-15-16-29-28(30-19)32-39(36,37)24-13-11-23(12-14-24)31-26(35)21-7-9-22(10-8-21)27-33(25(34)18-38-27)17-20-5-3-2-4-6-20/h2-16,27H,17-18H2,1H3,(H,31,35)(H,29,30,32)/t27-/m0/s1. The monoisotopic (exact) mass is 559 g/mol. The zero-order chi connectivity index (χ0) is 27.4. The molecule has 0 aliphatic carbocycles. The van der Waals surface area contributed by atoms with E-state index in [1.165, 1.54) is 30.5 Å². The largest absolute Gasteiger partial charge is 0.322 e. The number of benzene rings is 3. The quantitative estimate of drug-likeness (QED) is 0.323. The number of anilines is 2. The molecule has 11 heteroatoms. The van der Waals surface area contributed by atoms with Crippen LogP contribution in [0.4, 0.5) is 11.6 Å². The van der Waals surface area contributed by atoms with Gasteiger partial charge in [0.2, 0.25) is 11.9 Å². The second-order valence-corrected chi connectivity index (χ2v) is 11.6. The molecular formula is C28H25N5O4S2. The molecular weight excluding hydrogens is 534 g/mol. The highest BCUT2D eigenvalue weighted by molar-refractivity contribution is 8.00. The van der Waals surface area contributed by atoms with E-state index in [4.69, 9.17) is 0 Å². The molecule has 4 aromatic rings. The number of carbonyl (C=O) groups excluding carboxylic acids is 2. The van der Waals surface area contributed by atoms with Crippen molar-refractivity contribution in [2.75, 3.05) is 15.8 Å². The molecule has 2 heterocycles. The predicted molar refractivity (Wildman–Crippen MR) is 151 cm³/mol. The number of aryl methyl sites for hydroxylation is 1. The van der Waals surface area contributed by atoms with Gasteiger partial charge in [-0.25, -0.2) is 23.1 Å². The molecule has 1 fully saturated rings. The lowest BCUT2D eigenvalue weighted by atomic mass is 10.1. The maximum absolute atomic E-state index is 12.8. The molecule has 1 aliphatic heterocycles. The molecule has 3 aromatic carbocycles. The number of aromatic nitrogens is 2. The van der Waals surface area contributed by atoms with Gasteiger partial charge in [-0.2, -0.15) is 0 Å². The zero-order valence-corrected chi connectivity index (χ0v) is 22.6. The van der Waals surface area contributed by atoms with E-state index < -0.39 is 10.0 Å². The van der Waals surface area contributed by atoms with Crippen LogP contribution in [0.3, 0.4) is 0 Å². The van der Waals surface area contributed by atoms with Gasteiger partial charge in [0, 0.05) is 29.7 Å². The molecule has 1 aliphatic rings. The van der Waals surface area contributed by atoms with Gasteiger partial charge in [-0.05, 0) is 60.5 Å². The van der Waals surface area contributed by atoms with Crippen LogP contribution in [0.25, 0.3) is 0 Å². The van der Waals surface area contributed by atoms with E-state index in [0.29, 0.717) is 29.2 Å². The van der Waals surface area contributed by atoms with Crippen LogP contribution in [-0.2, 0) is 21.4 Å². The second kappa shape index (κ2) is 11.3. The van der Waals surface area contributed by atoms with Crippen molar-refractivity contribution in [2.24, 2.45) is 0 Å². The summed E-state index contributed by atoms with van der Waals surface area (Å²) in [5, 5.41) is 2.66. The van der Waals surface area contributed by atoms with Crippen LogP contribution in [0, 0.1) is 6.92 Å². The van der Waals surface area contributed by atoms with Gasteiger partial charge in [-0.15, -0.1) is 11.8 Å². The van der Waals surface area contributed by atoms with Crippen molar-refractivity contribution in [3.05, 3.63) is 114 Å². The third-order valence-electron chi connectivity index (χ3n) is 6.06. The normalized spacial score (nSPS) is 15.3. The maximum atomic E-state index is 12.8. The molecule has 0 bridgehead atoms. The van der Waals surface area contributed by atoms with Crippen LogP contribution in [-0.4, -0.2) is 40.9 Å². The summed E-state index contributed by atoms with van der Waals surface area (Å²) >= 11 is 1.57. The van der Waals surface area contributed by atoms with Gasteiger partial charge < -0.3 is 10.2 Å². The van der Waals surface area contributed by atoms with Gasteiger partial charge in [0.1, 0.15) is 5.37 Å². The zero-order valence-electron chi connectivity index (χ0n) is 20.9. The van der Waals surface area contributed by atoms with E-state index >= 15 is 0 Å². The Morgan fingerprint density at radius 1 is 1.00 bits per heavy atom. The summed E-state index contributed by atoms with van der Waals surface area (Å²) in [5.74, 6) is 0.153. The number of nitrogens with one attached hydrogen (secondary N) is 2. The molecule has 1 aromatic heterocycles. The van der Waals surface area contributed by atoms with Crippen molar-refractivity contribution in [1.82, 2.24) is 14.9 Å². The minimum absolute atomic E-state index is 0.0126. The Morgan fingerprint density at radius 2 is 1.72 bits per heavy atom. The lowest BCUT2D eigenvalue weighted by Gasteiger charge is -2.24. The second-order valence-electron chi connectivity index (χ2n) is 8.90. The third-order valence-corrected chi connectivity index (χ3v) is 8.66. The molecule has 9 nitrogen and oxygen atoms in total. The topological polar surface area (TPSA) is 121 Å². The van der Waals surface area contributed by atoms with Crippen LogP contribution < -0.4 is 10.0 Å². The summed E-state index contributed by atoms with van der Waals surface area (Å²) in [5.41, 5.74) is 3.53. The van der Waals surface area contributed by atoms with E-state index in [-0.39, 0.29) is 28.0 Å². The fourth-order valence-corrected chi connectivity index (χ4v) is 6.22. The van der Waals surface area contributed by atoms with Crippen LogP contribution in [0.2, 0.25) is 0 Å². The molecule has 0 unspecified atom stereocenters. The number of rotatable bonds is 8. The van der Waals surface area contributed by atoms with Gasteiger partial charge in [0.25, 0.3) is 15.9 Å². The highest BCUT2D eigenvalue weighted by Crippen LogP contribution is 2.39. The molecule has 0 spiro atoms. The van der Waals surface area contributed by atoms with Crippen molar-refractivity contribution in [2.45, 2.75) is 23.7 Å². The first-order valence-electron chi connectivity index (χ1n) is 12.1. The van der Waals surface area contributed by atoms with Crippen LogP contribution in [0.15, 0.2) is 96.0 Å². The highest BCUT2D eigenvalue weighted by atomic mass is 32.2. The average molecular weight is 560 g/mol. The third kappa shape index (κ3) is 6.27. The molecule has 0 radical (unpaired) electrons. The fraction of sp³-hybridized carbons (Fsp3) is 0.143. The van der Waals surface area contributed by atoms with E-state index in [9.17, 15) is 18.0 Å². The Kier molecular flexibility index (Phi) is 7.62. The highest BCUT2D eigenvalue weighted by Gasteiger charge is 2.32. The van der Waals surface area contributed by atoms with Gasteiger partial charge in [-0.1, -0.05) is 42.5 Å². The number of thioether (sulfide) groups is 1. The molecule has 39 heavy (non-hydrogen) atoms. The predicted octanol–water partition coefficient (Wildman–Crippen LogP) is 4.61. The van der Waals surface area contributed by atoms with E-state index in [1.54, 1.807) is 36.9 Å².